The van der Waals surface area contributed by atoms with Gasteiger partial charge in [-0.3, -0.25) is 14.3 Å². The van der Waals surface area contributed by atoms with Crippen LogP contribution in [0.25, 0.3) is 11.2 Å². The molecule has 0 spiro atoms. The molecule has 0 amide bonds. The summed E-state index contributed by atoms with van der Waals surface area (Å²) in [5.41, 5.74) is -0.573. The molecule has 0 aliphatic carbocycles. The normalized spacial score (nSPS) is 12.3. The van der Waals surface area contributed by atoms with Gasteiger partial charge in [0.05, 0.1) is 6.54 Å². The third kappa shape index (κ3) is 4.30. The summed E-state index contributed by atoms with van der Waals surface area (Å²) in [6.07, 6.45) is -0.908. The minimum Gasteiger partial charge on any atom is -0.491 e. The molecule has 0 aliphatic rings. The number of fused-ring (bicyclic) bond motifs is 1. The average Bonchev–Trinajstić information content (AvgIpc) is 3.06. The number of benzene rings is 1. The molecule has 0 aliphatic heterocycles. The van der Waals surface area contributed by atoms with Gasteiger partial charge in [-0.05, 0) is 38.1 Å². The largest absolute Gasteiger partial charge is 0.491 e. The van der Waals surface area contributed by atoms with Crippen molar-refractivity contribution in [1.29, 1.82) is 0 Å². The predicted octanol–water partition coefficient (Wildman–Crippen LogP) is 1.36. The first-order chi connectivity index (χ1) is 13.8. The van der Waals surface area contributed by atoms with Crippen LogP contribution < -0.4 is 20.9 Å². The van der Waals surface area contributed by atoms with Gasteiger partial charge in [0, 0.05) is 25.2 Å². The van der Waals surface area contributed by atoms with Crippen LogP contribution in [0.5, 0.6) is 5.75 Å². The van der Waals surface area contributed by atoms with Crippen LogP contribution in [0.3, 0.4) is 0 Å². The Labute approximate surface area is 172 Å². The maximum absolute atomic E-state index is 12.5. The fourth-order valence-corrected chi connectivity index (χ4v) is 3.26. The number of anilines is 1. The zero-order valence-electron chi connectivity index (χ0n) is 16.6. The molecular formula is C19H24ClN5O4. The molecule has 0 saturated carbocycles. The number of aromatic nitrogens is 4. The van der Waals surface area contributed by atoms with Crippen molar-refractivity contribution in [1.82, 2.24) is 19.1 Å². The van der Waals surface area contributed by atoms with E-state index < -0.39 is 17.4 Å². The molecular weight excluding hydrogens is 398 g/mol. The number of rotatable bonds is 8. The number of nitrogens with one attached hydrogen (secondary N) is 1. The van der Waals surface area contributed by atoms with Gasteiger partial charge in [-0.2, -0.15) is 4.98 Å². The molecule has 29 heavy (non-hydrogen) atoms. The van der Waals surface area contributed by atoms with E-state index in [4.69, 9.17) is 16.3 Å². The van der Waals surface area contributed by atoms with Gasteiger partial charge >= 0.3 is 5.69 Å². The lowest BCUT2D eigenvalue weighted by Gasteiger charge is -2.22. The highest BCUT2D eigenvalue weighted by Crippen LogP contribution is 2.20. The highest BCUT2D eigenvalue weighted by atomic mass is 35.5. The number of aromatic amines is 1. The van der Waals surface area contributed by atoms with Crippen molar-refractivity contribution in [2.45, 2.75) is 26.5 Å². The molecule has 1 aromatic carbocycles. The molecule has 2 N–H and O–H groups in total. The van der Waals surface area contributed by atoms with Gasteiger partial charge in [-0.1, -0.05) is 11.6 Å². The number of nitrogens with zero attached hydrogens (tertiary/aromatic N) is 4. The summed E-state index contributed by atoms with van der Waals surface area (Å²) in [7, 11) is 1.55. The van der Waals surface area contributed by atoms with Gasteiger partial charge in [0.2, 0.25) is 5.95 Å². The van der Waals surface area contributed by atoms with E-state index >= 15 is 0 Å². The highest BCUT2D eigenvalue weighted by molar-refractivity contribution is 6.30. The lowest BCUT2D eigenvalue weighted by Crippen LogP contribution is -2.32. The number of halogens is 1. The number of aliphatic hydroxyl groups excluding tert-OH is 1. The van der Waals surface area contributed by atoms with E-state index in [-0.39, 0.29) is 24.3 Å². The zero-order chi connectivity index (χ0) is 21.1. The standard InChI is InChI=1S/C19H24ClN5O4/c1-4-24(5-2)18-21-16-15(17(27)22-19(28)23(16)3)25(18)10-13(26)11-29-14-8-6-12(20)7-9-14/h6-9,13,26H,4-5,10-11H2,1-3H3,(H,22,27,28)/t13-/m1/s1. The van der Waals surface area contributed by atoms with E-state index in [0.717, 1.165) is 0 Å². The minimum atomic E-state index is -0.908. The van der Waals surface area contributed by atoms with Gasteiger partial charge in [-0.15, -0.1) is 0 Å². The molecule has 0 radical (unpaired) electrons. The summed E-state index contributed by atoms with van der Waals surface area (Å²) in [6.45, 7) is 5.35. The SMILES string of the molecule is CCN(CC)c1nc2c(c(=O)[nH]c(=O)n2C)n1C[C@@H](O)COc1ccc(Cl)cc1. The van der Waals surface area contributed by atoms with Crippen molar-refractivity contribution in [3.8, 4) is 5.75 Å². The van der Waals surface area contributed by atoms with E-state index in [9.17, 15) is 14.7 Å². The lowest BCUT2D eigenvalue weighted by atomic mass is 10.3. The van der Waals surface area contributed by atoms with Crippen molar-refractivity contribution in [2.24, 2.45) is 7.05 Å². The first kappa shape index (κ1) is 20.9. The summed E-state index contributed by atoms with van der Waals surface area (Å²) in [5.74, 6) is 1.09. The van der Waals surface area contributed by atoms with Crippen LogP contribution in [-0.4, -0.2) is 50.0 Å². The third-order valence-corrected chi connectivity index (χ3v) is 4.93. The minimum absolute atomic E-state index is 0.0165. The molecule has 0 bridgehead atoms. The van der Waals surface area contributed by atoms with Gasteiger partial charge in [-0.25, -0.2) is 4.79 Å². The second kappa shape index (κ2) is 8.71. The Balaban J connectivity index is 1.94. The van der Waals surface area contributed by atoms with E-state index in [1.807, 2.05) is 18.7 Å². The van der Waals surface area contributed by atoms with Crippen molar-refractivity contribution in [3.05, 3.63) is 50.1 Å². The zero-order valence-corrected chi connectivity index (χ0v) is 17.3. The summed E-state index contributed by atoms with van der Waals surface area (Å²) in [6, 6.07) is 6.82. The summed E-state index contributed by atoms with van der Waals surface area (Å²) >= 11 is 5.86. The van der Waals surface area contributed by atoms with Crippen LogP contribution in [-0.2, 0) is 13.6 Å². The third-order valence-electron chi connectivity index (χ3n) is 4.68. The number of aliphatic hydroxyl groups is 1. The van der Waals surface area contributed by atoms with E-state index in [2.05, 4.69) is 9.97 Å². The smallest absolute Gasteiger partial charge is 0.329 e. The van der Waals surface area contributed by atoms with Gasteiger partial charge in [0.25, 0.3) is 5.56 Å². The molecule has 1 atom stereocenters. The molecule has 3 aromatic rings. The van der Waals surface area contributed by atoms with Crippen molar-refractivity contribution >= 4 is 28.7 Å². The number of ether oxygens (including phenoxy) is 1. The van der Waals surface area contributed by atoms with Crippen molar-refractivity contribution in [3.63, 3.8) is 0 Å². The maximum Gasteiger partial charge on any atom is 0.329 e. The molecule has 3 rings (SSSR count). The van der Waals surface area contributed by atoms with Crippen LogP contribution >= 0.6 is 11.6 Å². The van der Waals surface area contributed by atoms with Gasteiger partial charge in [0.1, 0.15) is 18.5 Å². The Bertz CT molecular complexity index is 1100. The average molecular weight is 422 g/mol. The number of hydrogen-bond donors (Lipinski definition) is 2. The Morgan fingerprint density at radius 1 is 1.24 bits per heavy atom. The fourth-order valence-electron chi connectivity index (χ4n) is 3.13. The number of hydrogen-bond acceptors (Lipinski definition) is 6. The van der Waals surface area contributed by atoms with Gasteiger partial charge in [0.15, 0.2) is 11.2 Å². The first-order valence-electron chi connectivity index (χ1n) is 9.36. The molecule has 10 heteroatoms. The van der Waals surface area contributed by atoms with Crippen LogP contribution in [0.1, 0.15) is 13.8 Å². The molecule has 2 heterocycles. The van der Waals surface area contributed by atoms with Crippen LogP contribution in [0.2, 0.25) is 5.02 Å². The molecule has 0 unspecified atom stereocenters. The molecule has 0 fully saturated rings. The Morgan fingerprint density at radius 2 is 1.90 bits per heavy atom. The Kier molecular flexibility index (Phi) is 6.29. The summed E-state index contributed by atoms with van der Waals surface area (Å²) in [5, 5.41) is 11.2. The van der Waals surface area contributed by atoms with Crippen molar-refractivity contribution < 1.29 is 9.84 Å². The second-order valence-electron chi connectivity index (χ2n) is 6.60. The molecule has 9 nitrogen and oxygen atoms in total. The first-order valence-corrected chi connectivity index (χ1v) is 9.74. The van der Waals surface area contributed by atoms with Crippen LogP contribution in [0.15, 0.2) is 33.9 Å². The van der Waals surface area contributed by atoms with E-state index in [1.165, 1.54) is 4.57 Å². The topological polar surface area (TPSA) is 105 Å². The fraction of sp³-hybridized carbons (Fsp3) is 0.421. The van der Waals surface area contributed by atoms with Crippen molar-refractivity contribution in [2.75, 3.05) is 24.6 Å². The van der Waals surface area contributed by atoms with E-state index in [0.29, 0.717) is 29.8 Å². The monoisotopic (exact) mass is 421 g/mol. The Morgan fingerprint density at radius 3 is 2.52 bits per heavy atom. The number of aryl methyl sites for hydroxylation is 1. The summed E-state index contributed by atoms with van der Waals surface area (Å²) < 4.78 is 8.54. The number of H-pyrrole nitrogens is 1. The Hall–Kier alpha value is -2.78. The molecule has 2 aromatic heterocycles. The lowest BCUT2D eigenvalue weighted by molar-refractivity contribution is 0.0936. The predicted molar refractivity (Wildman–Crippen MR) is 112 cm³/mol. The number of imidazole rings is 1. The van der Waals surface area contributed by atoms with Crippen LogP contribution in [0, 0.1) is 0 Å². The quantitative estimate of drug-likeness (QED) is 0.569. The highest BCUT2D eigenvalue weighted by Gasteiger charge is 2.22. The maximum atomic E-state index is 12.5. The van der Waals surface area contributed by atoms with E-state index in [1.54, 1.807) is 35.9 Å². The van der Waals surface area contributed by atoms with Crippen LogP contribution in [0.4, 0.5) is 5.95 Å². The molecule has 156 valence electrons. The second-order valence-corrected chi connectivity index (χ2v) is 7.04. The molecule has 0 saturated heterocycles. The summed E-state index contributed by atoms with van der Waals surface area (Å²) in [4.78, 5) is 33.2. The van der Waals surface area contributed by atoms with Gasteiger partial charge < -0.3 is 19.3 Å².